The van der Waals surface area contributed by atoms with Gasteiger partial charge < -0.3 is 18.9 Å². The van der Waals surface area contributed by atoms with E-state index in [2.05, 4.69) is 4.74 Å². The average Bonchev–Trinajstić information content (AvgIpc) is 2.79. The molecule has 20 heavy (non-hydrogen) atoms. The summed E-state index contributed by atoms with van der Waals surface area (Å²) in [6, 6.07) is 0. The van der Waals surface area contributed by atoms with Crippen LogP contribution in [0.3, 0.4) is 0 Å². The number of esters is 2. The van der Waals surface area contributed by atoms with Gasteiger partial charge in [-0.05, 0) is 0 Å². The van der Waals surface area contributed by atoms with Gasteiger partial charge in [-0.15, -0.1) is 0 Å². The number of carbonyl (C=O) groups excluding carboxylic acids is 2. The third kappa shape index (κ3) is 3.50. The summed E-state index contributed by atoms with van der Waals surface area (Å²) in [6.45, 7) is 0. The van der Waals surface area contributed by atoms with Gasteiger partial charge in [-0.25, -0.2) is 9.59 Å². The van der Waals surface area contributed by atoms with Gasteiger partial charge in [-0.3, -0.25) is 0 Å². The maximum Gasteiger partial charge on any atom is 0.344 e. The molecule has 3 unspecified atom stereocenters. The van der Waals surface area contributed by atoms with Crippen molar-refractivity contribution in [2.75, 3.05) is 0 Å². The number of halogens is 6. The van der Waals surface area contributed by atoms with E-state index in [4.69, 9.17) is 83.8 Å². The SMILES string of the molecule is O=C1O[C@@H](C(Cl)(Cl)Cl)OC1C1OC(=O)C(C(Cl)(Cl)Cl)O1. The van der Waals surface area contributed by atoms with Crippen molar-refractivity contribution in [3.05, 3.63) is 0 Å². The zero-order chi connectivity index (χ0) is 15.3. The number of cyclic esters (lactones) is 2. The highest BCUT2D eigenvalue weighted by molar-refractivity contribution is 6.69. The molecule has 0 aromatic carbocycles. The van der Waals surface area contributed by atoms with E-state index in [9.17, 15) is 9.59 Å². The van der Waals surface area contributed by atoms with Crippen LogP contribution in [0, 0.1) is 0 Å². The Labute approximate surface area is 142 Å². The Morgan fingerprint density at radius 2 is 1.40 bits per heavy atom. The van der Waals surface area contributed by atoms with Crippen molar-refractivity contribution in [1.29, 1.82) is 0 Å². The Balaban J connectivity index is 2.08. The number of carbonyl (C=O) groups is 2. The van der Waals surface area contributed by atoms with E-state index in [1.54, 1.807) is 0 Å². The molecule has 0 N–H and O–H groups in total. The summed E-state index contributed by atoms with van der Waals surface area (Å²) < 4.78 is 15.4. The van der Waals surface area contributed by atoms with Crippen LogP contribution in [0.15, 0.2) is 0 Å². The third-order valence-corrected chi connectivity index (χ3v) is 3.38. The Bertz CT molecular complexity index is 430. The van der Waals surface area contributed by atoms with E-state index in [-0.39, 0.29) is 0 Å². The first-order chi connectivity index (χ1) is 9.00. The van der Waals surface area contributed by atoms with E-state index in [0.717, 1.165) is 0 Å². The minimum absolute atomic E-state index is 0.941. The maximum absolute atomic E-state index is 11.6. The summed E-state index contributed by atoms with van der Waals surface area (Å²) in [6.07, 6.45) is -5.90. The smallest absolute Gasteiger partial charge is 0.344 e. The molecule has 0 aromatic rings. The fourth-order valence-electron chi connectivity index (χ4n) is 1.45. The zero-order valence-electron chi connectivity index (χ0n) is 9.03. The van der Waals surface area contributed by atoms with Gasteiger partial charge in [0.15, 0.2) is 0 Å². The van der Waals surface area contributed by atoms with Gasteiger partial charge in [-0.1, -0.05) is 69.6 Å². The molecule has 0 saturated carbocycles. The van der Waals surface area contributed by atoms with Crippen LogP contribution < -0.4 is 0 Å². The van der Waals surface area contributed by atoms with Crippen molar-refractivity contribution in [1.82, 2.24) is 0 Å². The first-order valence-electron chi connectivity index (χ1n) is 4.85. The van der Waals surface area contributed by atoms with Gasteiger partial charge >= 0.3 is 11.9 Å². The van der Waals surface area contributed by atoms with Crippen molar-refractivity contribution < 1.29 is 28.5 Å². The van der Waals surface area contributed by atoms with Crippen LogP contribution >= 0.6 is 69.6 Å². The molecule has 0 bridgehead atoms. The highest BCUT2D eigenvalue weighted by Crippen LogP contribution is 2.41. The minimum atomic E-state index is -2.07. The molecule has 0 spiro atoms. The predicted octanol–water partition coefficient (Wildman–Crippen LogP) is 2.26. The van der Waals surface area contributed by atoms with Gasteiger partial charge in [0, 0.05) is 0 Å². The summed E-state index contributed by atoms with van der Waals surface area (Å²) in [5, 5.41) is 0. The standard InChI is InChI=1S/C8H4Cl6O6/c9-7(10,11)2-4(16)19-5(18-2)1-3(15)20-6(17-1)8(12,13)14/h1-2,5-6H/t1?,2?,5?,6-/m0/s1. The molecule has 2 heterocycles. The van der Waals surface area contributed by atoms with Gasteiger partial charge in [0.05, 0.1) is 0 Å². The van der Waals surface area contributed by atoms with Crippen LogP contribution in [0.2, 0.25) is 0 Å². The number of ether oxygens (including phenoxy) is 4. The number of rotatable bonds is 1. The lowest BCUT2D eigenvalue weighted by molar-refractivity contribution is -0.166. The summed E-state index contributed by atoms with van der Waals surface area (Å²) in [4.78, 5) is 23.1. The molecule has 2 aliphatic rings. The summed E-state index contributed by atoms with van der Waals surface area (Å²) in [5.74, 6) is -1.91. The third-order valence-electron chi connectivity index (χ3n) is 2.25. The molecule has 2 rings (SSSR count). The quantitative estimate of drug-likeness (QED) is 0.489. The molecule has 2 aliphatic heterocycles. The lowest BCUT2D eigenvalue weighted by Gasteiger charge is -2.18. The van der Waals surface area contributed by atoms with Crippen molar-refractivity contribution >= 4 is 81.5 Å². The molecular weight excluding hydrogens is 405 g/mol. The number of hydrogen-bond donors (Lipinski definition) is 0. The minimum Gasteiger partial charge on any atom is -0.430 e. The topological polar surface area (TPSA) is 71.1 Å². The zero-order valence-corrected chi connectivity index (χ0v) is 13.6. The normalized spacial score (nSPS) is 35.1. The Morgan fingerprint density at radius 1 is 0.800 bits per heavy atom. The van der Waals surface area contributed by atoms with Crippen LogP contribution in [0.5, 0.6) is 0 Å². The Hall–Kier alpha value is 0.600. The second-order valence-corrected chi connectivity index (χ2v) is 8.47. The first-order valence-corrected chi connectivity index (χ1v) is 7.12. The summed E-state index contributed by atoms with van der Waals surface area (Å²) >= 11 is 33.2. The van der Waals surface area contributed by atoms with E-state index < -0.39 is 44.3 Å². The van der Waals surface area contributed by atoms with Crippen molar-refractivity contribution in [3.8, 4) is 0 Å². The van der Waals surface area contributed by atoms with Gasteiger partial charge in [0.25, 0.3) is 10.1 Å². The Morgan fingerprint density at radius 3 is 1.80 bits per heavy atom. The lowest BCUT2D eigenvalue weighted by Crippen LogP contribution is -2.36. The molecule has 114 valence electrons. The highest BCUT2D eigenvalue weighted by atomic mass is 35.6. The van der Waals surface area contributed by atoms with E-state index >= 15 is 0 Å². The maximum atomic E-state index is 11.6. The Kier molecular flexibility index (Phi) is 4.80. The van der Waals surface area contributed by atoms with E-state index in [0.29, 0.717) is 0 Å². The monoisotopic (exact) mass is 406 g/mol. The number of hydrogen-bond acceptors (Lipinski definition) is 6. The van der Waals surface area contributed by atoms with Crippen LogP contribution in [-0.2, 0) is 28.5 Å². The van der Waals surface area contributed by atoms with Crippen molar-refractivity contribution in [2.24, 2.45) is 0 Å². The second kappa shape index (κ2) is 5.66. The molecule has 4 atom stereocenters. The number of alkyl halides is 6. The molecule has 0 radical (unpaired) electrons. The van der Waals surface area contributed by atoms with Crippen LogP contribution in [0.25, 0.3) is 0 Å². The van der Waals surface area contributed by atoms with Crippen molar-refractivity contribution in [2.45, 2.75) is 32.4 Å². The second-order valence-electron chi connectivity index (χ2n) is 3.73. The molecular formula is C8H4Cl6O6. The summed E-state index contributed by atoms with van der Waals surface area (Å²) in [5.41, 5.74) is 0. The van der Waals surface area contributed by atoms with Crippen LogP contribution in [0.1, 0.15) is 0 Å². The van der Waals surface area contributed by atoms with E-state index in [1.165, 1.54) is 0 Å². The predicted molar refractivity (Wildman–Crippen MR) is 70.1 cm³/mol. The van der Waals surface area contributed by atoms with Gasteiger partial charge in [0.2, 0.25) is 22.3 Å². The van der Waals surface area contributed by atoms with Gasteiger partial charge in [-0.2, -0.15) is 0 Å². The molecule has 12 heteroatoms. The molecule has 6 nitrogen and oxygen atoms in total. The van der Waals surface area contributed by atoms with Gasteiger partial charge in [0.1, 0.15) is 0 Å². The molecule has 0 amide bonds. The molecule has 0 aromatic heterocycles. The van der Waals surface area contributed by atoms with E-state index in [1.807, 2.05) is 0 Å². The highest BCUT2D eigenvalue weighted by Gasteiger charge is 2.57. The van der Waals surface area contributed by atoms with Crippen molar-refractivity contribution in [3.63, 3.8) is 0 Å². The molecule has 2 saturated heterocycles. The first kappa shape index (κ1) is 17.0. The summed E-state index contributed by atoms with van der Waals surface area (Å²) in [7, 11) is 0. The van der Waals surface area contributed by atoms with Crippen LogP contribution in [-0.4, -0.2) is 44.3 Å². The lowest BCUT2D eigenvalue weighted by atomic mass is 10.3. The molecule has 0 aliphatic carbocycles. The van der Waals surface area contributed by atoms with Crippen LogP contribution in [0.4, 0.5) is 0 Å². The molecule has 2 fully saturated rings. The largest absolute Gasteiger partial charge is 0.430 e. The fraction of sp³-hybridized carbons (Fsp3) is 0.750. The fourth-order valence-corrected chi connectivity index (χ4v) is 2.16. The average molecular weight is 409 g/mol.